The summed E-state index contributed by atoms with van der Waals surface area (Å²) < 4.78 is 10.9. The summed E-state index contributed by atoms with van der Waals surface area (Å²) >= 11 is 1.82. The van der Waals surface area contributed by atoms with Gasteiger partial charge in [-0.1, -0.05) is 36.4 Å². The fraction of sp³-hybridized carbons (Fsp3) is 0.316. The van der Waals surface area contributed by atoms with Gasteiger partial charge in [-0.05, 0) is 12.1 Å². The maximum absolute atomic E-state index is 12.3. The van der Waals surface area contributed by atoms with Crippen molar-refractivity contribution in [2.24, 2.45) is 0 Å². The minimum Gasteiger partial charge on any atom is -0.496 e. The Morgan fingerprint density at radius 1 is 0.826 bits per heavy atom. The van der Waals surface area contributed by atoms with E-state index in [0.29, 0.717) is 12.8 Å². The molecule has 0 saturated carbocycles. The molecule has 0 radical (unpaired) electrons. The quantitative estimate of drug-likeness (QED) is 0.823. The first-order valence-electron chi connectivity index (χ1n) is 7.66. The van der Waals surface area contributed by atoms with Gasteiger partial charge in [0.2, 0.25) is 0 Å². The Labute approximate surface area is 141 Å². The van der Waals surface area contributed by atoms with Crippen molar-refractivity contribution >= 4 is 17.5 Å². The zero-order chi connectivity index (χ0) is 16.2. The minimum atomic E-state index is 0.113. The molecular weight excluding hydrogens is 308 g/mol. The van der Waals surface area contributed by atoms with Crippen LogP contribution in [-0.2, 0) is 4.79 Å². The summed E-state index contributed by atoms with van der Waals surface area (Å²) in [7, 11) is 3.34. The van der Waals surface area contributed by atoms with Crippen molar-refractivity contribution in [2.75, 3.05) is 14.2 Å². The van der Waals surface area contributed by atoms with Crippen LogP contribution in [0.4, 0.5) is 0 Å². The molecule has 0 aliphatic carbocycles. The van der Waals surface area contributed by atoms with E-state index in [9.17, 15) is 4.79 Å². The molecule has 0 N–H and O–H groups in total. The highest BCUT2D eigenvalue weighted by molar-refractivity contribution is 7.99. The lowest BCUT2D eigenvalue weighted by atomic mass is 9.99. The van der Waals surface area contributed by atoms with Crippen LogP contribution in [0.3, 0.4) is 0 Å². The summed E-state index contributed by atoms with van der Waals surface area (Å²) in [6, 6.07) is 15.9. The number of benzene rings is 2. The molecule has 1 aliphatic rings. The number of methoxy groups -OCH3 is 2. The predicted octanol–water partition coefficient (Wildman–Crippen LogP) is 4.58. The molecule has 1 fully saturated rings. The van der Waals surface area contributed by atoms with Crippen LogP contribution in [0.25, 0.3) is 0 Å². The lowest BCUT2D eigenvalue weighted by Crippen LogP contribution is -2.16. The van der Waals surface area contributed by atoms with E-state index in [0.717, 1.165) is 22.6 Å². The van der Waals surface area contributed by atoms with Gasteiger partial charge in [0.1, 0.15) is 17.3 Å². The van der Waals surface area contributed by atoms with Crippen molar-refractivity contribution in [1.82, 2.24) is 0 Å². The molecule has 3 nitrogen and oxygen atoms in total. The molecule has 2 aromatic carbocycles. The minimum absolute atomic E-state index is 0.113. The van der Waals surface area contributed by atoms with Gasteiger partial charge in [0.15, 0.2) is 0 Å². The highest BCUT2D eigenvalue weighted by atomic mass is 32.2. The fourth-order valence-corrected chi connectivity index (χ4v) is 4.67. The summed E-state index contributed by atoms with van der Waals surface area (Å²) in [6.45, 7) is 0. The molecule has 1 heterocycles. The van der Waals surface area contributed by atoms with Gasteiger partial charge in [0.05, 0.1) is 14.2 Å². The molecule has 3 rings (SSSR count). The van der Waals surface area contributed by atoms with E-state index in [-0.39, 0.29) is 16.3 Å². The molecule has 23 heavy (non-hydrogen) atoms. The van der Waals surface area contributed by atoms with E-state index < -0.39 is 0 Å². The van der Waals surface area contributed by atoms with Crippen LogP contribution < -0.4 is 9.47 Å². The first-order valence-corrected chi connectivity index (χ1v) is 8.60. The highest BCUT2D eigenvalue weighted by Crippen LogP contribution is 2.52. The summed E-state index contributed by atoms with van der Waals surface area (Å²) in [6.07, 6.45) is 1.10. The van der Waals surface area contributed by atoms with Crippen LogP contribution in [0.5, 0.6) is 11.5 Å². The van der Waals surface area contributed by atoms with Crippen LogP contribution in [0.2, 0.25) is 0 Å². The Morgan fingerprint density at radius 3 is 1.70 bits per heavy atom. The van der Waals surface area contributed by atoms with Crippen molar-refractivity contribution in [3.8, 4) is 11.5 Å². The van der Waals surface area contributed by atoms with Gasteiger partial charge in [0.25, 0.3) is 0 Å². The molecule has 120 valence electrons. The Bertz CT molecular complexity index is 641. The molecule has 4 heteroatoms. The molecule has 0 spiro atoms. The average Bonchev–Trinajstić information content (AvgIpc) is 2.61. The molecular formula is C19H20O3S. The third-order valence-corrected chi connectivity index (χ3v) is 5.62. The summed E-state index contributed by atoms with van der Waals surface area (Å²) in [4.78, 5) is 12.3. The molecule has 1 aliphatic heterocycles. The molecule has 0 amide bonds. The Hall–Kier alpha value is -1.94. The van der Waals surface area contributed by atoms with Crippen LogP contribution in [0.15, 0.2) is 48.5 Å². The van der Waals surface area contributed by atoms with Crippen molar-refractivity contribution in [2.45, 2.75) is 23.3 Å². The van der Waals surface area contributed by atoms with Crippen molar-refractivity contribution in [3.05, 3.63) is 59.7 Å². The predicted molar refractivity (Wildman–Crippen MR) is 93.3 cm³/mol. The zero-order valence-electron chi connectivity index (χ0n) is 13.3. The number of ketones is 1. The fourth-order valence-electron chi connectivity index (χ4n) is 3.02. The maximum atomic E-state index is 12.3. The van der Waals surface area contributed by atoms with Crippen LogP contribution >= 0.6 is 11.8 Å². The molecule has 2 atom stereocenters. The Balaban J connectivity index is 1.92. The van der Waals surface area contributed by atoms with Crippen molar-refractivity contribution in [1.29, 1.82) is 0 Å². The van der Waals surface area contributed by atoms with E-state index in [1.54, 1.807) is 14.2 Å². The van der Waals surface area contributed by atoms with E-state index in [1.165, 1.54) is 0 Å². The first kappa shape index (κ1) is 15.9. The van der Waals surface area contributed by atoms with Crippen LogP contribution in [0, 0.1) is 0 Å². The van der Waals surface area contributed by atoms with E-state index in [2.05, 4.69) is 0 Å². The van der Waals surface area contributed by atoms with Gasteiger partial charge in [-0.15, -0.1) is 11.8 Å². The second-order valence-electron chi connectivity index (χ2n) is 5.54. The van der Waals surface area contributed by atoms with Crippen LogP contribution in [-0.4, -0.2) is 20.0 Å². The van der Waals surface area contributed by atoms with E-state index in [1.807, 2.05) is 60.3 Å². The smallest absolute Gasteiger partial charge is 0.135 e. The lowest BCUT2D eigenvalue weighted by molar-refractivity contribution is -0.119. The van der Waals surface area contributed by atoms with Crippen molar-refractivity contribution in [3.63, 3.8) is 0 Å². The number of para-hydroxylation sites is 2. The molecule has 0 bridgehead atoms. The molecule has 1 saturated heterocycles. The topological polar surface area (TPSA) is 35.5 Å². The van der Waals surface area contributed by atoms with E-state index >= 15 is 0 Å². The van der Waals surface area contributed by atoms with Gasteiger partial charge in [-0.2, -0.15) is 0 Å². The summed E-state index contributed by atoms with van der Waals surface area (Å²) in [5, 5.41) is 0.227. The third-order valence-electron chi connectivity index (χ3n) is 4.13. The maximum Gasteiger partial charge on any atom is 0.135 e. The van der Waals surface area contributed by atoms with Gasteiger partial charge in [-0.3, -0.25) is 4.79 Å². The number of rotatable bonds is 4. The molecule has 0 aromatic heterocycles. The highest BCUT2D eigenvalue weighted by Gasteiger charge is 2.32. The van der Waals surface area contributed by atoms with E-state index in [4.69, 9.17) is 9.47 Å². The van der Waals surface area contributed by atoms with Gasteiger partial charge >= 0.3 is 0 Å². The molecule has 2 unspecified atom stereocenters. The van der Waals surface area contributed by atoms with Crippen molar-refractivity contribution < 1.29 is 14.3 Å². The number of ether oxygens (including phenoxy) is 2. The molecule has 2 aromatic rings. The Morgan fingerprint density at radius 2 is 1.26 bits per heavy atom. The summed E-state index contributed by atoms with van der Waals surface area (Å²) in [5.41, 5.74) is 2.18. The van der Waals surface area contributed by atoms with Crippen LogP contribution in [0.1, 0.15) is 34.5 Å². The standard InChI is InChI=1S/C19H20O3S/c1-21-16-9-5-3-7-14(16)18-11-13(20)12-19(23-18)15-8-4-6-10-17(15)22-2/h3-10,18-19H,11-12H2,1-2H3. The second kappa shape index (κ2) is 7.09. The zero-order valence-corrected chi connectivity index (χ0v) is 14.1. The largest absolute Gasteiger partial charge is 0.496 e. The summed E-state index contributed by atoms with van der Waals surface area (Å²) in [5.74, 6) is 1.98. The normalized spacial score (nSPS) is 21.0. The lowest BCUT2D eigenvalue weighted by Gasteiger charge is -2.30. The Kier molecular flexibility index (Phi) is 4.91. The first-order chi connectivity index (χ1) is 11.2. The number of carbonyl (C=O) groups excluding carboxylic acids is 1. The average molecular weight is 328 g/mol. The number of carbonyl (C=O) groups is 1. The second-order valence-corrected chi connectivity index (χ2v) is 6.95. The SMILES string of the molecule is COc1ccccc1C1CC(=O)CC(c2ccccc2OC)S1. The number of hydrogen-bond acceptors (Lipinski definition) is 4. The third kappa shape index (κ3) is 3.37. The van der Waals surface area contributed by atoms with Gasteiger partial charge < -0.3 is 9.47 Å². The number of hydrogen-bond donors (Lipinski definition) is 0. The van der Waals surface area contributed by atoms with Gasteiger partial charge in [0, 0.05) is 34.5 Å². The number of thioether (sulfide) groups is 1. The van der Waals surface area contributed by atoms with Gasteiger partial charge in [-0.25, -0.2) is 0 Å². The number of Topliss-reactive ketones (excluding diaryl/α,β-unsaturated/α-hetero) is 1. The monoisotopic (exact) mass is 328 g/mol.